The Balaban J connectivity index is 2.99. The molecule has 0 fully saturated rings. The molecule has 1 aromatic heterocycles. The largest absolute Gasteiger partial charge is 0.420 e. The standard InChI is InChI=1S/C10H12ClF6N5O3S/c1-4-5(6(11)22(3)20-4)26(24,25)21-19-7(23)18-8(2,9(12,13)14)10(15,16)17/h21H,1-3H3,(H2,18,19,23). The third-order valence-electron chi connectivity index (χ3n) is 3.17. The Morgan fingerprint density at radius 3 is 1.96 bits per heavy atom. The number of carbonyl (C=O) groups is 1. The summed E-state index contributed by atoms with van der Waals surface area (Å²) in [6.45, 7) is 0.911. The Hall–Kier alpha value is -1.74. The molecule has 2 amide bonds. The molecule has 0 bridgehead atoms. The number of nitrogens with one attached hydrogen (secondary N) is 3. The van der Waals surface area contributed by atoms with Crippen LogP contribution in [0.25, 0.3) is 0 Å². The van der Waals surface area contributed by atoms with Crippen molar-refractivity contribution in [3.8, 4) is 0 Å². The van der Waals surface area contributed by atoms with Crippen molar-refractivity contribution in [2.45, 2.75) is 36.6 Å². The van der Waals surface area contributed by atoms with E-state index >= 15 is 0 Å². The van der Waals surface area contributed by atoms with E-state index in [0.29, 0.717) is 5.32 Å². The lowest BCUT2D eigenvalue weighted by molar-refractivity contribution is -0.297. The van der Waals surface area contributed by atoms with Gasteiger partial charge in [0, 0.05) is 7.05 Å². The summed E-state index contributed by atoms with van der Waals surface area (Å²) in [5.41, 5.74) is -3.53. The molecule has 0 unspecified atom stereocenters. The molecule has 0 spiro atoms. The molecule has 0 saturated heterocycles. The molecule has 1 heterocycles. The summed E-state index contributed by atoms with van der Waals surface area (Å²) in [5.74, 6) is 0. The maximum absolute atomic E-state index is 12.7. The second kappa shape index (κ2) is 6.77. The van der Waals surface area contributed by atoms with Crippen LogP contribution in [0, 0.1) is 6.92 Å². The summed E-state index contributed by atoms with van der Waals surface area (Å²) < 4.78 is 101. The number of amides is 2. The number of aryl methyl sites for hydroxylation is 2. The summed E-state index contributed by atoms with van der Waals surface area (Å²) >= 11 is 5.70. The van der Waals surface area contributed by atoms with E-state index in [4.69, 9.17) is 11.6 Å². The van der Waals surface area contributed by atoms with Crippen molar-refractivity contribution in [1.29, 1.82) is 0 Å². The Morgan fingerprint density at radius 2 is 1.62 bits per heavy atom. The zero-order valence-corrected chi connectivity index (χ0v) is 14.7. The molecule has 26 heavy (non-hydrogen) atoms. The third-order valence-corrected chi connectivity index (χ3v) is 5.11. The van der Waals surface area contributed by atoms with Crippen LogP contribution in [0.1, 0.15) is 12.6 Å². The van der Waals surface area contributed by atoms with Gasteiger partial charge in [0.2, 0.25) is 5.54 Å². The Bertz CT molecular complexity index is 789. The van der Waals surface area contributed by atoms with E-state index in [9.17, 15) is 39.6 Å². The molecule has 0 saturated carbocycles. The van der Waals surface area contributed by atoms with Gasteiger partial charge < -0.3 is 5.32 Å². The van der Waals surface area contributed by atoms with E-state index in [0.717, 1.165) is 4.68 Å². The van der Waals surface area contributed by atoms with Crippen LogP contribution in [0.2, 0.25) is 5.15 Å². The Labute approximate surface area is 147 Å². The average Bonchev–Trinajstić information content (AvgIpc) is 2.68. The highest BCUT2D eigenvalue weighted by molar-refractivity contribution is 7.89. The van der Waals surface area contributed by atoms with Crippen molar-refractivity contribution in [3.05, 3.63) is 10.8 Å². The van der Waals surface area contributed by atoms with E-state index in [1.54, 1.807) is 0 Å². The normalized spacial score (nSPS) is 13.6. The van der Waals surface area contributed by atoms with E-state index in [1.807, 2.05) is 0 Å². The second-order valence-electron chi connectivity index (χ2n) is 5.13. The molecule has 16 heteroatoms. The van der Waals surface area contributed by atoms with Crippen LogP contribution in [0.15, 0.2) is 4.90 Å². The van der Waals surface area contributed by atoms with E-state index in [1.165, 1.54) is 24.2 Å². The summed E-state index contributed by atoms with van der Waals surface area (Å²) in [4.78, 5) is 12.1. The number of aromatic nitrogens is 2. The third kappa shape index (κ3) is 4.15. The molecular weight excluding hydrogens is 420 g/mol. The van der Waals surface area contributed by atoms with Gasteiger partial charge in [-0.1, -0.05) is 11.6 Å². The second-order valence-corrected chi connectivity index (χ2v) is 7.11. The van der Waals surface area contributed by atoms with Crippen LogP contribution in [-0.4, -0.2) is 42.1 Å². The van der Waals surface area contributed by atoms with Gasteiger partial charge in [0.1, 0.15) is 10.0 Å². The van der Waals surface area contributed by atoms with Crippen LogP contribution in [0.5, 0.6) is 0 Å². The topological polar surface area (TPSA) is 105 Å². The number of carbonyl (C=O) groups excluding carboxylic acids is 1. The van der Waals surface area contributed by atoms with Crippen LogP contribution < -0.4 is 15.6 Å². The molecular formula is C10H12ClF6N5O3S. The lowest BCUT2D eigenvalue weighted by atomic mass is 10.0. The predicted molar refractivity (Wildman–Crippen MR) is 75.5 cm³/mol. The van der Waals surface area contributed by atoms with Gasteiger partial charge in [0.25, 0.3) is 10.0 Å². The highest BCUT2D eigenvalue weighted by Gasteiger charge is 2.68. The summed E-state index contributed by atoms with van der Waals surface area (Å²) in [5, 5.41) is 3.92. The van der Waals surface area contributed by atoms with Crippen LogP contribution in [-0.2, 0) is 17.1 Å². The molecule has 1 aromatic rings. The van der Waals surface area contributed by atoms with Crippen molar-refractivity contribution in [2.24, 2.45) is 7.05 Å². The molecule has 8 nitrogen and oxygen atoms in total. The van der Waals surface area contributed by atoms with Gasteiger partial charge in [-0.3, -0.25) is 10.1 Å². The van der Waals surface area contributed by atoms with Gasteiger partial charge in [-0.05, 0) is 13.8 Å². The highest BCUT2D eigenvalue weighted by Crippen LogP contribution is 2.42. The molecule has 0 aliphatic rings. The lowest BCUT2D eigenvalue weighted by Crippen LogP contribution is -2.67. The number of nitrogens with zero attached hydrogens (tertiary/aromatic N) is 2. The summed E-state index contributed by atoms with van der Waals surface area (Å²) in [7, 11) is -3.34. The van der Waals surface area contributed by atoms with Crippen LogP contribution in [0.3, 0.4) is 0 Å². The van der Waals surface area contributed by atoms with Gasteiger partial charge in [0.05, 0.1) is 5.69 Å². The fourth-order valence-electron chi connectivity index (χ4n) is 1.64. The minimum Gasteiger partial charge on any atom is -0.315 e. The van der Waals surface area contributed by atoms with Crippen molar-refractivity contribution >= 4 is 27.7 Å². The van der Waals surface area contributed by atoms with Crippen molar-refractivity contribution < 1.29 is 39.6 Å². The number of halogens is 7. The van der Waals surface area contributed by atoms with E-state index < -0.39 is 44.0 Å². The number of alkyl halides is 6. The first kappa shape index (κ1) is 22.3. The summed E-state index contributed by atoms with van der Waals surface area (Å²) in [6, 6.07) is -2.09. The zero-order chi connectivity index (χ0) is 20.7. The number of hydrogen-bond donors (Lipinski definition) is 3. The minimum atomic E-state index is -5.90. The number of hydrazine groups is 1. The van der Waals surface area contributed by atoms with Gasteiger partial charge >= 0.3 is 18.4 Å². The number of sulfonamides is 1. The van der Waals surface area contributed by atoms with E-state index in [-0.39, 0.29) is 12.6 Å². The van der Waals surface area contributed by atoms with Gasteiger partial charge in [-0.2, -0.15) is 31.4 Å². The molecule has 1 rings (SSSR count). The SMILES string of the molecule is Cc1nn(C)c(Cl)c1S(=O)(=O)NNC(=O)NC(C)(C(F)(F)F)C(F)(F)F. The molecule has 0 aliphatic carbocycles. The van der Waals surface area contributed by atoms with Crippen molar-refractivity contribution in [2.75, 3.05) is 0 Å². The average molecular weight is 432 g/mol. The molecule has 0 radical (unpaired) electrons. The Kier molecular flexibility index (Phi) is 5.81. The minimum absolute atomic E-state index is 0.123. The number of hydrogen-bond acceptors (Lipinski definition) is 4. The van der Waals surface area contributed by atoms with Crippen molar-refractivity contribution in [1.82, 2.24) is 25.4 Å². The first-order chi connectivity index (χ1) is 11.4. The number of rotatable bonds is 4. The van der Waals surface area contributed by atoms with Gasteiger partial charge in [-0.15, -0.1) is 4.83 Å². The predicted octanol–water partition coefficient (Wildman–Crippen LogP) is 1.76. The highest BCUT2D eigenvalue weighted by atomic mass is 35.5. The van der Waals surface area contributed by atoms with Gasteiger partial charge in [-0.25, -0.2) is 13.2 Å². The van der Waals surface area contributed by atoms with Crippen molar-refractivity contribution in [3.63, 3.8) is 0 Å². The summed E-state index contributed by atoms with van der Waals surface area (Å²) in [6.07, 6.45) is -11.8. The van der Waals surface area contributed by atoms with Crippen LogP contribution >= 0.6 is 11.6 Å². The zero-order valence-electron chi connectivity index (χ0n) is 13.2. The maximum atomic E-state index is 12.7. The molecule has 150 valence electrons. The first-order valence-electron chi connectivity index (χ1n) is 6.36. The smallest absolute Gasteiger partial charge is 0.315 e. The number of urea groups is 1. The fraction of sp³-hybridized carbons (Fsp3) is 0.600. The maximum Gasteiger partial charge on any atom is 0.420 e. The monoisotopic (exact) mass is 431 g/mol. The molecule has 0 aliphatic heterocycles. The Morgan fingerprint density at radius 1 is 1.15 bits per heavy atom. The molecule has 0 atom stereocenters. The lowest BCUT2D eigenvalue weighted by Gasteiger charge is -2.34. The quantitative estimate of drug-likeness (QED) is 0.499. The van der Waals surface area contributed by atoms with Crippen LogP contribution in [0.4, 0.5) is 31.1 Å². The molecule has 0 aromatic carbocycles. The van der Waals surface area contributed by atoms with E-state index in [2.05, 4.69) is 5.10 Å². The first-order valence-corrected chi connectivity index (χ1v) is 8.22. The fourth-order valence-corrected chi connectivity index (χ4v) is 3.23. The molecule has 3 N–H and O–H groups in total. The van der Waals surface area contributed by atoms with Gasteiger partial charge in [0.15, 0.2) is 0 Å².